The van der Waals surface area contributed by atoms with Crippen molar-refractivity contribution in [2.45, 2.75) is 45.1 Å². The maximum absolute atomic E-state index is 12.6. The molecular formula is C20H25N3O3. The van der Waals surface area contributed by atoms with E-state index in [0.717, 1.165) is 25.0 Å². The van der Waals surface area contributed by atoms with Crippen LogP contribution in [0, 0.1) is 23.7 Å². The summed E-state index contributed by atoms with van der Waals surface area (Å²) in [5, 5.41) is 2.93. The minimum atomic E-state index is -0.130. The van der Waals surface area contributed by atoms with Gasteiger partial charge in [-0.3, -0.25) is 24.3 Å². The van der Waals surface area contributed by atoms with Crippen molar-refractivity contribution in [3.05, 3.63) is 30.1 Å². The smallest absolute Gasteiger partial charge is 0.233 e. The van der Waals surface area contributed by atoms with Crippen molar-refractivity contribution in [1.82, 2.24) is 15.2 Å². The Balaban J connectivity index is 1.28. The third kappa shape index (κ3) is 3.02. The molecule has 0 aromatic carbocycles. The first-order valence-corrected chi connectivity index (χ1v) is 9.59. The Morgan fingerprint density at radius 2 is 1.92 bits per heavy atom. The lowest BCUT2D eigenvalue weighted by Crippen LogP contribution is -2.39. The average molecular weight is 355 g/mol. The third-order valence-electron chi connectivity index (χ3n) is 6.23. The number of amides is 3. The van der Waals surface area contributed by atoms with Crippen LogP contribution in [0.25, 0.3) is 0 Å². The number of imide groups is 1. The van der Waals surface area contributed by atoms with E-state index in [2.05, 4.69) is 10.3 Å². The second-order valence-electron chi connectivity index (χ2n) is 7.96. The Hall–Kier alpha value is -2.24. The first-order valence-electron chi connectivity index (χ1n) is 9.59. The van der Waals surface area contributed by atoms with E-state index in [0.29, 0.717) is 18.3 Å². The summed E-state index contributed by atoms with van der Waals surface area (Å²) < 4.78 is 0. The minimum absolute atomic E-state index is 0.0402. The SMILES string of the molecule is C[C@H](Cc1ccccn1)NC(=O)CCN1C(=O)[C@@H]2[C@H]3CC[C@@H](C3)[C@@H]2C1=O. The highest BCUT2D eigenvalue weighted by molar-refractivity contribution is 6.06. The quantitative estimate of drug-likeness (QED) is 0.785. The monoisotopic (exact) mass is 355 g/mol. The van der Waals surface area contributed by atoms with Gasteiger partial charge in [-0.15, -0.1) is 0 Å². The number of carbonyl (C=O) groups is 3. The maximum Gasteiger partial charge on any atom is 0.233 e. The van der Waals surface area contributed by atoms with E-state index in [-0.39, 0.29) is 48.6 Å². The molecule has 1 saturated heterocycles. The Labute approximate surface area is 153 Å². The van der Waals surface area contributed by atoms with Crippen molar-refractivity contribution < 1.29 is 14.4 Å². The Morgan fingerprint density at radius 3 is 2.54 bits per heavy atom. The van der Waals surface area contributed by atoms with Crippen LogP contribution in [0.1, 0.15) is 38.3 Å². The molecule has 4 rings (SSSR count). The van der Waals surface area contributed by atoms with E-state index in [1.54, 1.807) is 6.20 Å². The van der Waals surface area contributed by atoms with Crippen molar-refractivity contribution in [2.24, 2.45) is 23.7 Å². The van der Waals surface area contributed by atoms with E-state index < -0.39 is 0 Å². The molecule has 1 aromatic rings. The van der Waals surface area contributed by atoms with E-state index in [4.69, 9.17) is 0 Å². The van der Waals surface area contributed by atoms with Crippen LogP contribution in [0.15, 0.2) is 24.4 Å². The number of likely N-dealkylation sites (tertiary alicyclic amines) is 1. The molecule has 26 heavy (non-hydrogen) atoms. The van der Waals surface area contributed by atoms with Gasteiger partial charge in [-0.2, -0.15) is 0 Å². The van der Waals surface area contributed by atoms with E-state index in [1.165, 1.54) is 4.90 Å². The maximum atomic E-state index is 12.6. The number of nitrogens with one attached hydrogen (secondary N) is 1. The molecule has 2 heterocycles. The fraction of sp³-hybridized carbons (Fsp3) is 0.600. The van der Waals surface area contributed by atoms with E-state index >= 15 is 0 Å². The van der Waals surface area contributed by atoms with Crippen LogP contribution < -0.4 is 5.32 Å². The van der Waals surface area contributed by atoms with Crippen molar-refractivity contribution >= 4 is 17.7 Å². The van der Waals surface area contributed by atoms with Gasteiger partial charge >= 0.3 is 0 Å². The van der Waals surface area contributed by atoms with Crippen LogP contribution in [0.2, 0.25) is 0 Å². The van der Waals surface area contributed by atoms with Gasteiger partial charge in [0.05, 0.1) is 11.8 Å². The molecule has 5 atom stereocenters. The highest BCUT2D eigenvalue weighted by Crippen LogP contribution is 2.56. The molecule has 2 saturated carbocycles. The topological polar surface area (TPSA) is 79.4 Å². The number of hydrogen-bond donors (Lipinski definition) is 1. The molecule has 3 amide bonds. The van der Waals surface area contributed by atoms with Gasteiger partial charge in [0.25, 0.3) is 0 Å². The fourth-order valence-corrected chi connectivity index (χ4v) is 5.13. The lowest BCUT2D eigenvalue weighted by Gasteiger charge is -2.19. The van der Waals surface area contributed by atoms with Crippen LogP contribution in [-0.4, -0.2) is 40.2 Å². The summed E-state index contributed by atoms with van der Waals surface area (Å²) in [7, 11) is 0. The average Bonchev–Trinajstić information content (AvgIpc) is 3.29. The normalized spacial score (nSPS) is 30.6. The fourth-order valence-electron chi connectivity index (χ4n) is 5.13. The lowest BCUT2D eigenvalue weighted by molar-refractivity contribution is -0.141. The van der Waals surface area contributed by atoms with Crippen LogP contribution in [-0.2, 0) is 20.8 Å². The predicted molar refractivity (Wildman–Crippen MR) is 94.7 cm³/mol. The number of fused-ring (bicyclic) bond motifs is 5. The molecule has 2 bridgehead atoms. The first kappa shape index (κ1) is 17.2. The first-order chi connectivity index (χ1) is 12.5. The summed E-state index contributed by atoms with van der Waals surface area (Å²) in [4.78, 5) is 43.1. The van der Waals surface area contributed by atoms with Crippen molar-refractivity contribution in [3.63, 3.8) is 0 Å². The molecule has 0 radical (unpaired) electrons. The summed E-state index contributed by atoms with van der Waals surface area (Å²) in [6, 6.07) is 5.67. The molecule has 138 valence electrons. The molecule has 3 aliphatic rings. The van der Waals surface area contributed by atoms with Gasteiger partial charge in [-0.1, -0.05) is 6.07 Å². The third-order valence-corrected chi connectivity index (χ3v) is 6.23. The number of aromatic nitrogens is 1. The van der Waals surface area contributed by atoms with Crippen molar-refractivity contribution in [3.8, 4) is 0 Å². The van der Waals surface area contributed by atoms with E-state index in [9.17, 15) is 14.4 Å². The van der Waals surface area contributed by atoms with Gasteiger partial charge < -0.3 is 5.32 Å². The zero-order chi connectivity index (χ0) is 18.3. The number of pyridine rings is 1. The van der Waals surface area contributed by atoms with Gasteiger partial charge in [0.2, 0.25) is 17.7 Å². The second kappa shape index (κ2) is 6.82. The van der Waals surface area contributed by atoms with Crippen LogP contribution >= 0.6 is 0 Å². The zero-order valence-corrected chi connectivity index (χ0v) is 15.1. The highest BCUT2D eigenvalue weighted by Gasteiger charge is 2.60. The second-order valence-corrected chi connectivity index (χ2v) is 7.96. The summed E-state index contributed by atoms with van der Waals surface area (Å²) >= 11 is 0. The predicted octanol–water partition coefficient (Wildman–Crippen LogP) is 1.55. The van der Waals surface area contributed by atoms with Crippen LogP contribution in [0.3, 0.4) is 0 Å². The van der Waals surface area contributed by atoms with Gasteiger partial charge in [-0.05, 0) is 50.2 Å². The Morgan fingerprint density at radius 1 is 1.23 bits per heavy atom. The summed E-state index contributed by atoms with van der Waals surface area (Å²) in [5.74, 6) is 0.356. The Kier molecular flexibility index (Phi) is 4.51. The lowest BCUT2D eigenvalue weighted by atomic mass is 9.81. The number of rotatable bonds is 6. The molecule has 0 spiro atoms. The summed E-state index contributed by atoms with van der Waals surface area (Å²) in [5.41, 5.74) is 0.925. The minimum Gasteiger partial charge on any atom is -0.353 e. The summed E-state index contributed by atoms with van der Waals surface area (Å²) in [6.07, 6.45) is 5.74. The molecule has 2 aliphatic carbocycles. The standard InChI is InChI=1S/C20H25N3O3/c1-12(10-15-4-2-3-8-21-15)22-16(24)7-9-23-19(25)17-13-5-6-14(11-13)18(17)20(23)26/h2-4,8,12-14,17-18H,5-7,9-11H2,1H3,(H,22,24)/t12-,13+,14+,17-,18+/m1/s1. The molecule has 1 aliphatic heterocycles. The number of hydrogen-bond acceptors (Lipinski definition) is 4. The molecule has 6 nitrogen and oxygen atoms in total. The largest absolute Gasteiger partial charge is 0.353 e. The summed E-state index contributed by atoms with van der Waals surface area (Å²) in [6.45, 7) is 2.13. The number of nitrogens with zero attached hydrogens (tertiary/aromatic N) is 2. The molecular weight excluding hydrogens is 330 g/mol. The van der Waals surface area contributed by atoms with Gasteiger partial charge in [0.1, 0.15) is 0 Å². The zero-order valence-electron chi connectivity index (χ0n) is 15.1. The van der Waals surface area contributed by atoms with Crippen LogP contribution in [0.5, 0.6) is 0 Å². The molecule has 3 fully saturated rings. The molecule has 1 aromatic heterocycles. The number of carbonyl (C=O) groups excluding carboxylic acids is 3. The van der Waals surface area contributed by atoms with Crippen molar-refractivity contribution in [2.75, 3.05) is 6.54 Å². The molecule has 1 N–H and O–H groups in total. The van der Waals surface area contributed by atoms with E-state index in [1.807, 2.05) is 25.1 Å². The Bertz CT molecular complexity index is 692. The molecule has 6 heteroatoms. The molecule has 0 unspecified atom stereocenters. The van der Waals surface area contributed by atoms with Gasteiger partial charge in [0, 0.05) is 37.3 Å². The highest BCUT2D eigenvalue weighted by atomic mass is 16.2. The van der Waals surface area contributed by atoms with Gasteiger partial charge in [0.15, 0.2) is 0 Å². The van der Waals surface area contributed by atoms with Gasteiger partial charge in [-0.25, -0.2) is 0 Å². The van der Waals surface area contributed by atoms with Crippen molar-refractivity contribution in [1.29, 1.82) is 0 Å². The van der Waals surface area contributed by atoms with Crippen LogP contribution in [0.4, 0.5) is 0 Å².